The third-order valence-electron chi connectivity index (χ3n) is 4.65. The highest BCUT2D eigenvalue weighted by Gasteiger charge is 2.26. The monoisotopic (exact) mass is 311 g/mol. The van der Waals surface area contributed by atoms with Crippen LogP contribution in [0.25, 0.3) is 0 Å². The van der Waals surface area contributed by atoms with E-state index in [0.29, 0.717) is 6.54 Å². The number of aromatic nitrogens is 2. The molecule has 1 amide bonds. The Kier molecular flexibility index (Phi) is 4.24. The quantitative estimate of drug-likeness (QED) is 0.915. The Morgan fingerprint density at radius 1 is 1.30 bits per heavy atom. The van der Waals surface area contributed by atoms with Gasteiger partial charge in [-0.25, -0.2) is 4.98 Å². The van der Waals surface area contributed by atoms with E-state index in [9.17, 15) is 4.79 Å². The molecule has 0 saturated heterocycles. The van der Waals surface area contributed by atoms with Crippen LogP contribution in [0.3, 0.4) is 0 Å². The van der Waals surface area contributed by atoms with Crippen LogP contribution >= 0.6 is 0 Å². The molecule has 1 unspecified atom stereocenters. The number of nitrogens with zero attached hydrogens (tertiary/aromatic N) is 1. The molecule has 0 aliphatic heterocycles. The Balaban J connectivity index is 1.55. The Morgan fingerprint density at radius 2 is 2.04 bits per heavy atom. The van der Waals surface area contributed by atoms with Crippen LogP contribution < -0.4 is 5.32 Å². The Hall–Kier alpha value is -2.10. The number of carbonyl (C=O) groups excluding carboxylic acids is 1. The number of aryl methyl sites for hydroxylation is 1. The molecule has 0 radical (unpaired) electrons. The van der Waals surface area contributed by atoms with Gasteiger partial charge in [0, 0.05) is 24.6 Å². The van der Waals surface area contributed by atoms with Gasteiger partial charge in [-0.2, -0.15) is 0 Å². The molecule has 23 heavy (non-hydrogen) atoms. The minimum absolute atomic E-state index is 0.0413. The molecule has 1 aromatic carbocycles. The van der Waals surface area contributed by atoms with Gasteiger partial charge in [-0.15, -0.1) is 0 Å². The first-order valence-electron chi connectivity index (χ1n) is 8.32. The summed E-state index contributed by atoms with van der Waals surface area (Å²) in [4.78, 5) is 19.8. The van der Waals surface area contributed by atoms with Gasteiger partial charge in [0.2, 0.25) is 5.91 Å². The van der Waals surface area contributed by atoms with Gasteiger partial charge in [0.1, 0.15) is 0 Å². The fourth-order valence-corrected chi connectivity index (χ4v) is 3.08. The molecule has 1 aliphatic carbocycles. The van der Waals surface area contributed by atoms with Crippen LogP contribution in [0.4, 0.5) is 0 Å². The number of H-pyrrole nitrogens is 1. The number of benzene rings is 1. The summed E-state index contributed by atoms with van der Waals surface area (Å²) in [5, 5.41) is 3.07. The van der Waals surface area contributed by atoms with Gasteiger partial charge in [-0.1, -0.05) is 45.0 Å². The molecule has 1 aromatic heterocycles. The summed E-state index contributed by atoms with van der Waals surface area (Å²) in [6.07, 6.45) is 4.27. The fourth-order valence-electron chi connectivity index (χ4n) is 3.08. The number of hydrogen-bond donors (Lipinski definition) is 2. The van der Waals surface area contributed by atoms with E-state index in [2.05, 4.69) is 60.3 Å². The van der Waals surface area contributed by atoms with Crippen molar-refractivity contribution in [2.75, 3.05) is 0 Å². The highest BCUT2D eigenvalue weighted by Crippen LogP contribution is 2.24. The first-order chi connectivity index (χ1) is 10.9. The van der Waals surface area contributed by atoms with Gasteiger partial charge in [-0.05, 0) is 29.4 Å². The zero-order chi connectivity index (χ0) is 16.4. The van der Waals surface area contributed by atoms with Crippen molar-refractivity contribution in [2.24, 2.45) is 5.92 Å². The molecule has 0 bridgehead atoms. The second-order valence-corrected chi connectivity index (χ2v) is 7.43. The lowest BCUT2D eigenvalue weighted by atomic mass is 9.86. The summed E-state index contributed by atoms with van der Waals surface area (Å²) < 4.78 is 0. The van der Waals surface area contributed by atoms with Crippen LogP contribution in [-0.2, 0) is 29.6 Å². The van der Waals surface area contributed by atoms with Crippen LogP contribution in [0, 0.1) is 5.92 Å². The van der Waals surface area contributed by atoms with E-state index >= 15 is 0 Å². The van der Waals surface area contributed by atoms with E-state index in [0.717, 1.165) is 30.5 Å². The number of carbonyl (C=O) groups is 1. The summed E-state index contributed by atoms with van der Waals surface area (Å²) in [6, 6.07) is 8.51. The highest BCUT2D eigenvalue weighted by molar-refractivity contribution is 5.79. The number of nitrogens with one attached hydrogen (secondary N) is 2. The minimum Gasteiger partial charge on any atom is -0.352 e. The van der Waals surface area contributed by atoms with Gasteiger partial charge in [-0.3, -0.25) is 4.79 Å². The van der Waals surface area contributed by atoms with Crippen molar-refractivity contribution < 1.29 is 4.79 Å². The molecular formula is C19H25N3O. The van der Waals surface area contributed by atoms with Crippen molar-refractivity contribution in [3.8, 4) is 0 Å². The number of imidazole rings is 1. The maximum absolute atomic E-state index is 12.4. The maximum Gasteiger partial charge on any atom is 0.223 e. The lowest BCUT2D eigenvalue weighted by Crippen LogP contribution is -2.33. The van der Waals surface area contributed by atoms with Crippen LogP contribution in [-0.4, -0.2) is 15.9 Å². The predicted molar refractivity (Wildman–Crippen MR) is 91.1 cm³/mol. The van der Waals surface area contributed by atoms with Crippen molar-refractivity contribution in [3.63, 3.8) is 0 Å². The largest absolute Gasteiger partial charge is 0.352 e. The number of fused-ring (bicyclic) bond motifs is 1. The lowest BCUT2D eigenvalue weighted by Gasteiger charge is -2.21. The average Bonchev–Trinajstić information content (AvgIpc) is 2.99. The number of amides is 1. The van der Waals surface area contributed by atoms with E-state index in [1.807, 2.05) is 0 Å². The topological polar surface area (TPSA) is 57.8 Å². The summed E-state index contributed by atoms with van der Waals surface area (Å²) in [7, 11) is 0. The highest BCUT2D eigenvalue weighted by atomic mass is 16.1. The van der Waals surface area contributed by atoms with E-state index in [4.69, 9.17) is 0 Å². The molecule has 1 aliphatic rings. The van der Waals surface area contributed by atoms with E-state index in [1.54, 1.807) is 6.33 Å². The number of aromatic amines is 1. The van der Waals surface area contributed by atoms with Crippen LogP contribution in [0.5, 0.6) is 0 Å². The first kappa shape index (κ1) is 15.8. The standard InChI is InChI=1S/C19H25N3O/c1-19(2,3)15-7-4-13(5-8-15)11-20-18(23)14-6-9-16-17(10-14)22-12-21-16/h4-5,7-8,12,14H,6,9-11H2,1-3H3,(H,20,23)(H,21,22). The normalized spacial score (nSPS) is 17.6. The van der Waals surface area contributed by atoms with E-state index in [-0.39, 0.29) is 17.2 Å². The molecule has 122 valence electrons. The van der Waals surface area contributed by atoms with Gasteiger partial charge >= 0.3 is 0 Å². The van der Waals surface area contributed by atoms with Gasteiger partial charge in [0.25, 0.3) is 0 Å². The molecule has 2 aromatic rings. The van der Waals surface area contributed by atoms with Crippen molar-refractivity contribution in [2.45, 2.75) is 52.0 Å². The molecule has 4 heteroatoms. The van der Waals surface area contributed by atoms with Gasteiger partial charge < -0.3 is 10.3 Å². The maximum atomic E-state index is 12.4. The Labute approximate surface area is 137 Å². The Morgan fingerprint density at radius 3 is 2.74 bits per heavy atom. The minimum atomic E-state index is 0.0413. The molecule has 0 saturated carbocycles. The third-order valence-corrected chi connectivity index (χ3v) is 4.65. The van der Waals surface area contributed by atoms with E-state index < -0.39 is 0 Å². The van der Waals surface area contributed by atoms with Gasteiger partial charge in [0.05, 0.1) is 12.0 Å². The Bertz CT molecular complexity index is 679. The average molecular weight is 311 g/mol. The third kappa shape index (κ3) is 3.63. The summed E-state index contributed by atoms with van der Waals surface area (Å²) >= 11 is 0. The first-order valence-corrected chi connectivity index (χ1v) is 8.32. The molecule has 1 heterocycles. The fraction of sp³-hybridized carbons (Fsp3) is 0.474. The van der Waals surface area contributed by atoms with E-state index in [1.165, 1.54) is 11.3 Å². The molecule has 2 N–H and O–H groups in total. The lowest BCUT2D eigenvalue weighted by molar-refractivity contribution is -0.125. The summed E-state index contributed by atoms with van der Waals surface area (Å²) in [5.74, 6) is 0.179. The van der Waals surface area contributed by atoms with Crippen molar-refractivity contribution in [3.05, 3.63) is 53.1 Å². The van der Waals surface area contributed by atoms with Gasteiger partial charge in [0.15, 0.2) is 0 Å². The molecule has 3 rings (SSSR count). The second-order valence-electron chi connectivity index (χ2n) is 7.43. The van der Waals surface area contributed by atoms with Crippen LogP contribution in [0.1, 0.15) is 49.7 Å². The smallest absolute Gasteiger partial charge is 0.223 e. The number of hydrogen-bond acceptors (Lipinski definition) is 2. The second kappa shape index (κ2) is 6.19. The van der Waals surface area contributed by atoms with Crippen LogP contribution in [0.15, 0.2) is 30.6 Å². The molecule has 0 fully saturated rings. The molecule has 0 spiro atoms. The molecule has 4 nitrogen and oxygen atoms in total. The zero-order valence-corrected chi connectivity index (χ0v) is 14.1. The molecule has 1 atom stereocenters. The SMILES string of the molecule is CC(C)(C)c1ccc(CNC(=O)C2CCc3[nH]cnc3C2)cc1. The number of rotatable bonds is 3. The molecular weight excluding hydrogens is 286 g/mol. The zero-order valence-electron chi connectivity index (χ0n) is 14.1. The van der Waals surface area contributed by atoms with Crippen molar-refractivity contribution in [1.82, 2.24) is 15.3 Å². The summed E-state index contributed by atoms with van der Waals surface area (Å²) in [5.41, 5.74) is 4.84. The predicted octanol–water partition coefficient (Wildman–Crippen LogP) is 3.13. The van der Waals surface area contributed by atoms with Crippen molar-refractivity contribution in [1.29, 1.82) is 0 Å². The van der Waals surface area contributed by atoms with Crippen molar-refractivity contribution >= 4 is 5.91 Å². The van der Waals surface area contributed by atoms with Crippen LogP contribution in [0.2, 0.25) is 0 Å². The summed E-state index contributed by atoms with van der Waals surface area (Å²) in [6.45, 7) is 7.20.